The first-order valence-corrected chi connectivity index (χ1v) is 8.58. The summed E-state index contributed by atoms with van der Waals surface area (Å²) in [6.45, 7) is 2.83. The Balaban J connectivity index is 1.63. The molecular formula is C20H24N2O2. The molecule has 0 radical (unpaired) electrons. The highest BCUT2D eigenvalue weighted by atomic mass is 16.5. The molecule has 1 aliphatic heterocycles. The molecule has 2 unspecified atom stereocenters. The van der Waals surface area contributed by atoms with Crippen LogP contribution >= 0.6 is 0 Å². The average molecular weight is 324 g/mol. The van der Waals surface area contributed by atoms with Gasteiger partial charge in [-0.25, -0.2) is 0 Å². The van der Waals surface area contributed by atoms with Gasteiger partial charge in [0.25, 0.3) is 5.91 Å². The van der Waals surface area contributed by atoms with Crippen LogP contribution in [0.5, 0.6) is 5.75 Å². The number of hydrogen-bond acceptors (Lipinski definition) is 3. The number of para-hydroxylation sites is 1. The average Bonchev–Trinajstić information content (AvgIpc) is 3.15. The maximum atomic E-state index is 12.7. The van der Waals surface area contributed by atoms with Gasteiger partial charge in [-0.1, -0.05) is 48.5 Å². The minimum atomic E-state index is -0.629. The first kappa shape index (κ1) is 16.5. The summed E-state index contributed by atoms with van der Waals surface area (Å²) in [5.74, 6) is 1.27. The minimum Gasteiger partial charge on any atom is -0.476 e. The van der Waals surface area contributed by atoms with E-state index < -0.39 is 6.10 Å². The fraction of sp³-hybridized carbons (Fsp3) is 0.350. The SMILES string of the molecule is O=C(NCCC1CCNC1)C(Oc1ccccc1)c1ccccc1. The summed E-state index contributed by atoms with van der Waals surface area (Å²) in [4.78, 5) is 12.7. The van der Waals surface area contributed by atoms with Crippen molar-refractivity contribution in [2.24, 2.45) is 5.92 Å². The number of ether oxygens (including phenoxy) is 1. The predicted molar refractivity (Wildman–Crippen MR) is 94.9 cm³/mol. The molecule has 2 N–H and O–H groups in total. The van der Waals surface area contributed by atoms with Crippen molar-refractivity contribution < 1.29 is 9.53 Å². The Labute approximate surface area is 143 Å². The zero-order valence-corrected chi connectivity index (χ0v) is 13.8. The van der Waals surface area contributed by atoms with Crippen molar-refractivity contribution in [2.45, 2.75) is 18.9 Å². The number of hydrogen-bond donors (Lipinski definition) is 2. The van der Waals surface area contributed by atoms with E-state index in [4.69, 9.17) is 4.74 Å². The van der Waals surface area contributed by atoms with E-state index in [2.05, 4.69) is 10.6 Å². The number of carbonyl (C=O) groups is 1. The molecule has 1 heterocycles. The molecule has 4 heteroatoms. The topological polar surface area (TPSA) is 50.4 Å². The van der Waals surface area contributed by atoms with E-state index in [9.17, 15) is 4.79 Å². The van der Waals surface area contributed by atoms with Gasteiger partial charge >= 0.3 is 0 Å². The van der Waals surface area contributed by atoms with Crippen LogP contribution in [0.4, 0.5) is 0 Å². The molecule has 0 saturated carbocycles. The highest BCUT2D eigenvalue weighted by molar-refractivity contribution is 5.82. The molecule has 0 aromatic heterocycles. The Morgan fingerprint density at radius 2 is 1.83 bits per heavy atom. The first-order chi connectivity index (χ1) is 11.8. The van der Waals surface area contributed by atoms with E-state index in [1.165, 1.54) is 6.42 Å². The summed E-state index contributed by atoms with van der Waals surface area (Å²) >= 11 is 0. The second-order valence-corrected chi connectivity index (χ2v) is 6.16. The van der Waals surface area contributed by atoms with E-state index in [1.54, 1.807) is 0 Å². The Bertz CT molecular complexity index is 625. The van der Waals surface area contributed by atoms with Gasteiger partial charge in [-0.05, 0) is 44.0 Å². The summed E-state index contributed by atoms with van der Waals surface area (Å²) in [6.07, 6.45) is 1.57. The van der Waals surface area contributed by atoms with E-state index in [-0.39, 0.29) is 5.91 Å². The van der Waals surface area contributed by atoms with Gasteiger partial charge in [-0.2, -0.15) is 0 Å². The molecule has 126 valence electrons. The van der Waals surface area contributed by atoms with Gasteiger partial charge in [0.15, 0.2) is 0 Å². The van der Waals surface area contributed by atoms with Crippen LogP contribution in [0.2, 0.25) is 0 Å². The largest absolute Gasteiger partial charge is 0.476 e. The van der Waals surface area contributed by atoms with E-state index in [1.807, 2.05) is 60.7 Å². The Morgan fingerprint density at radius 1 is 1.12 bits per heavy atom. The van der Waals surface area contributed by atoms with Gasteiger partial charge in [0, 0.05) is 12.1 Å². The van der Waals surface area contributed by atoms with Gasteiger partial charge in [0.2, 0.25) is 6.10 Å². The molecule has 0 spiro atoms. The molecule has 1 saturated heterocycles. The molecule has 3 rings (SSSR count). The molecule has 2 atom stereocenters. The highest BCUT2D eigenvalue weighted by Gasteiger charge is 2.23. The van der Waals surface area contributed by atoms with Crippen molar-refractivity contribution in [1.82, 2.24) is 10.6 Å². The molecule has 24 heavy (non-hydrogen) atoms. The predicted octanol–water partition coefficient (Wildman–Crippen LogP) is 2.92. The Hall–Kier alpha value is -2.33. The summed E-state index contributed by atoms with van der Waals surface area (Å²) in [7, 11) is 0. The van der Waals surface area contributed by atoms with Gasteiger partial charge in [0.05, 0.1) is 0 Å². The van der Waals surface area contributed by atoms with Crippen LogP contribution in [-0.2, 0) is 4.79 Å². The van der Waals surface area contributed by atoms with Gasteiger partial charge in [-0.15, -0.1) is 0 Å². The van der Waals surface area contributed by atoms with Crippen molar-refractivity contribution in [3.8, 4) is 5.75 Å². The van der Waals surface area contributed by atoms with Crippen LogP contribution in [0.3, 0.4) is 0 Å². The third kappa shape index (κ3) is 4.59. The molecule has 2 aromatic carbocycles. The lowest BCUT2D eigenvalue weighted by Crippen LogP contribution is -2.34. The van der Waals surface area contributed by atoms with Gasteiger partial charge in [-0.3, -0.25) is 4.79 Å². The zero-order chi connectivity index (χ0) is 16.6. The monoisotopic (exact) mass is 324 g/mol. The van der Waals surface area contributed by atoms with Crippen molar-refractivity contribution in [2.75, 3.05) is 19.6 Å². The number of benzene rings is 2. The standard InChI is InChI=1S/C20H24N2O2/c23-20(22-14-12-16-11-13-21-15-16)19(17-7-3-1-4-8-17)24-18-9-5-2-6-10-18/h1-10,16,19,21H,11-15H2,(H,22,23). The van der Waals surface area contributed by atoms with E-state index >= 15 is 0 Å². The van der Waals surface area contributed by atoms with E-state index in [0.717, 1.165) is 25.1 Å². The third-order valence-electron chi connectivity index (χ3n) is 4.35. The lowest BCUT2D eigenvalue weighted by molar-refractivity contribution is -0.128. The maximum Gasteiger partial charge on any atom is 0.265 e. The molecule has 2 aromatic rings. The summed E-state index contributed by atoms with van der Waals surface area (Å²) in [6, 6.07) is 19.1. The number of carbonyl (C=O) groups excluding carboxylic acids is 1. The van der Waals surface area contributed by atoms with Crippen molar-refractivity contribution in [3.05, 3.63) is 66.2 Å². The van der Waals surface area contributed by atoms with Crippen molar-refractivity contribution >= 4 is 5.91 Å². The second kappa shape index (κ2) is 8.50. The molecule has 0 bridgehead atoms. The fourth-order valence-corrected chi connectivity index (χ4v) is 2.99. The highest BCUT2D eigenvalue weighted by Crippen LogP contribution is 2.22. The van der Waals surface area contributed by atoms with Gasteiger partial charge < -0.3 is 15.4 Å². The van der Waals surface area contributed by atoms with Crippen LogP contribution in [0.15, 0.2) is 60.7 Å². The molecule has 0 aliphatic carbocycles. The first-order valence-electron chi connectivity index (χ1n) is 8.58. The minimum absolute atomic E-state index is 0.0870. The lowest BCUT2D eigenvalue weighted by Gasteiger charge is -2.19. The number of rotatable bonds is 7. The van der Waals surface area contributed by atoms with Crippen molar-refractivity contribution in [1.29, 1.82) is 0 Å². The summed E-state index contributed by atoms with van der Waals surface area (Å²) in [5.41, 5.74) is 0.862. The Morgan fingerprint density at radius 3 is 2.50 bits per heavy atom. The van der Waals surface area contributed by atoms with Crippen LogP contribution < -0.4 is 15.4 Å². The Kier molecular flexibility index (Phi) is 5.85. The van der Waals surface area contributed by atoms with Crippen molar-refractivity contribution in [3.63, 3.8) is 0 Å². The van der Waals surface area contributed by atoms with Crippen LogP contribution in [0, 0.1) is 5.92 Å². The zero-order valence-electron chi connectivity index (χ0n) is 13.8. The fourth-order valence-electron chi connectivity index (χ4n) is 2.99. The molecule has 1 fully saturated rings. The smallest absolute Gasteiger partial charge is 0.265 e. The second-order valence-electron chi connectivity index (χ2n) is 6.16. The number of nitrogens with one attached hydrogen (secondary N) is 2. The summed E-state index contributed by atoms with van der Waals surface area (Å²) < 4.78 is 5.96. The van der Waals surface area contributed by atoms with Gasteiger partial charge in [0.1, 0.15) is 5.75 Å². The normalized spacial score (nSPS) is 18.1. The summed E-state index contributed by atoms with van der Waals surface area (Å²) in [5, 5.41) is 6.39. The molecule has 1 amide bonds. The van der Waals surface area contributed by atoms with Crippen LogP contribution in [-0.4, -0.2) is 25.5 Å². The molecule has 1 aliphatic rings. The molecule has 4 nitrogen and oxygen atoms in total. The number of amides is 1. The van der Waals surface area contributed by atoms with Crippen LogP contribution in [0.1, 0.15) is 24.5 Å². The van der Waals surface area contributed by atoms with Crippen LogP contribution in [0.25, 0.3) is 0 Å². The van der Waals surface area contributed by atoms with E-state index in [0.29, 0.717) is 18.2 Å². The molecular weight excluding hydrogens is 300 g/mol. The quantitative estimate of drug-likeness (QED) is 0.823. The maximum absolute atomic E-state index is 12.7. The lowest BCUT2D eigenvalue weighted by atomic mass is 10.0. The third-order valence-corrected chi connectivity index (χ3v) is 4.35.